The van der Waals surface area contributed by atoms with Gasteiger partial charge in [0.05, 0.1) is 27.4 Å². The van der Waals surface area contributed by atoms with E-state index in [1.165, 1.54) is 0 Å². The molecule has 2 aromatic carbocycles. The first-order valence-electron chi connectivity index (χ1n) is 17.1. The molecule has 17 heteroatoms. The fraction of sp³-hybridized carbons (Fsp3) is 0.514. The number of carbonyl (C=O) groups excluding carboxylic acids is 2. The number of ether oxygens (including phenoxy) is 2. The maximum absolute atomic E-state index is 17.1. The van der Waals surface area contributed by atoms with Crippen LogP contribution in [0.15, 0.2) is 18.2 Å². The van der Waals surface area contributed by atoms with Gasteiger partial charge in [-0.2, -0.15) is 23.1 Å². The van der Waals surface area contributed by atoms with Crippen molar-refractivity contribution >= 4 is 55.3 Å². The van der Waals surface area contributed by atoms with Gasteiger partial charge in [-0.05, 0) is 71.2 Å². The number of thiazole rings is 1. The lowest BCUT2D eigenvalue weighted by Gasteiger charge is -2.31. The van der Waals surface area contributed by atoms with Crippen LogP contribution in [0.3, 0.4) is 0 Å². The smallest absolute Gasteiger partial charge is 0.417 e. The van der Waals surface area contributed by atoms with Crippen LogP contribution in [-0.4, -0.2) is 80.8 Å². The number of aromatic nitrogens is 3. The quantitative estimate of drug-likeness (QED) is 0.198. The number of hydrogen-bond donors (Lipinski definition) is 1. The number of Topliss-reactive ketones (excluding diaryl/α,β-unsaturated/α-hetero) is 1. The molecule has 2 bridgehead atoms. The molecule has 2 aromatic heterocycles. The lowest BCUT2D eigenvalue weighted by Crippen LogP contribution is -2.43. The minimum Gasteiger partial charge on any atom is -0.461 e. The molecule has 4 aliphatic rings. The van der Waals surface area contributed by atoms with Crippen LogP contribution in [0.4, 0.5) is 42.1 Å². The monoisotopic (exact) mass is 748 g/mol. The van der Waals surface area contributed by atoms with Crippen molar-refractivity contribution in [3.05, 3.63) is 35.4 Å². The Bertz CT molecular complexity index is 2140. The summed E-state index contributed by atoms with van der Waals surface area (Å²) in [5.41, 5.74) is -5.06. The number of carbonyl (C=O) groups is 2. The van der Waals surface area contributed by atoms with Gasteiger partial charge in [-0.1, -0.05) is 11.3 Å². The van der Waals surface area contributed by atoms with Crippen molar-refractivity contribution in [1.29, 1.82) is 0 Å². The Hall–Kier alpha value is -4.25. The summed E-state index contributed by atoms with van der Waals surface area (Å²) >= 11 is 0.648. The van der Waals surface area contributed by atoms with Crippen molar-refractivity contribution in [3.63, 3.8) is 0 Å². The fourth-order valence-electron chi connectivity index (χ4n) is 8.30. The number of ketones is 1. The maximum atomic E-state index is 17.1. The highest BCUT2D eigenvalue weighted by Crippen LogP contribution is 2.48. The third-order valence-electron chi connectivity index (χ3n) is 10.4. The second-order valence-corrected chi connectivity index (χ2v) is 15.9. The van der Waals surface area contributed by atoms with Crippen molar-refractivity contribution in [1.82, 2.24) is 19.9 Å². The van der Waals surface area contributed by atoms with Crippen molar-refractivity contribution in [3.8, 4) is 17.1 Å². The zero-order valence-corrected chi connectivity index (χ0v) is 29.2. The normalized spacial score (nSPS) is 24.8. The lowest BCUT2D eigenvalue weighted by molar-refractivity contribution is -0.137. The summed E-state index contributed by atoms with van der Waals surface area (Å²) in [6.45, 7) is 5.78. The van der Waals surface area contributed by atoms with Gasteiger partial charge in [0, 0.05) is 41.9 Å². The molecule has 52 heavy (non-hydrogen) atoms. The van der Waals surface area contributed by atoms with E-state index in [9.17, 15) is 14.0 Å². The summed E-state index contributed by atoms with van der Waals surface area (Å²) in [7, 11) is 0. The minimum atomic E-state index is -5.12. The Balaban J connectivity index is 1.30. The summed E-state index contributed by atoms with van der Waals surface area (Å²) in [6, 6.07) is 1.32. The summed E-state index contributed by atoms with van der Waals surface area (Å²) < 4.78 is 103. The highest BCUT2D eigenvalue weighted by atomic mass is 32.1. The molecule has 1 N–H and O–H groups in total. The Morgan fingerprint density at radius 2 is 1.90 bits per heavy atom. The van der Waals surface area contributed by atoms with Crippen molar-refractivity contribution in [2.45, 2.75) is 94.9 Å². The molecule has 0 saturated carbocycles. The van der Waals surface area contributed by atoms with E-state index in [-0.39, 0.29) is 70.4 Å². The van der Waals surface area contributed by atoms with Gasteiger partial charge in [-0.3, -0.25) is 15.0 Å². The number of rotatable bonds is 6. The second-order valence-electron chi connectivity index (χ2n) is 14.9. The number of amides is 1. The molecule has 276 valence electrons. The van der Waals surface area contributed by atoms with Crippen LogP contribution in [0.5, 0.6) is 6.01 Å². The van der Waals surface area contributed by atoms with Gasteiger partial charge in [0.15, 0.2) is 16.7 Å². The van der Waals surface area contributed by atoms with E-state index in [4.69, 9.17) is 9.47 Å². The van der Waals surface area contributed by atoms with E-state index < -0.39 is 69.5 Å². The molecule has 4 fully saturated rings. The molecule has 0 unspecified atom stereocenters. The number of benzene rings is 2. The lowest BCUT2D eigenvalue weighted by atomic mass is 9.95. The fourth-order valence-corrected chi connectivity index (χ4v) is 9.18. The SMILES string of the molecule is CC(C)(C)OC(=O)Nc1nc2c(-c3c(C(F)(F)F)cc4c(N5[C@@H]6CC[C@@H]5C(=O)C6)nc(OC[C@@]56CCCN5C[C@H](F)C6)nc4c3F)ccc(F)c2s1. The van der Waals surface area contributed by atoms with E-state index in [0.29, 0.717) is 37.1 Å². The van der Waals surface area contributed by atoms with Gasteiger partial charge in [0.1, 0.15) is 35.5 Å². The summed E-state index contributed by atoms with van der Waals surface area (Å²) in [5.74, 6) is -2.39. The number of nitrogens with zero attached hydrogens (tertiary/aromatic N) is 5. The first kappa shape index (κ1) is 34.8. The largest absolute Gasteiger partial charge is 0.461 e. The van der Waals surface area contributed by atoms with Crippen LogP contribution in [-0.2, 0) is 15.7 Å². The molecule has 6 heterocycles. The van der Waals surface area contributed by atoms with Gasteiger partial charge in [-0.25, -0.2) is 22.9 Å². The molecule has 10 nitrogen and oxygen atoms in total. The molecule has 0 spiro atoms. The maximum Gasteiger partial charge on any atom is 0.417 e. The van der Waals surface area contributed by atoms with Crippen molar-refractivity contribution < 1.29 is 45.4 Å². The molecule has 0 aliphatic carbocycles. The number of hydrogen-bond acceptors (Lipinski definition) is 10. The summed E-state index contributed by atoms with van der Waals surface area (Å²) in [5, 5.41) is 1.91. The number of fused-ring (bicyclic) bond motifs is 5. The van der Waals surface area contributed by atoms with Crippen LogP contribution in [0.2, 0.25) is 0 Å². The van der Waals surface area contributed by atoms with Gasteiger partial charge in [0.25, 0.3) is 0 Å². The van der Waals surface area contributed by atoms with Gasteiger partial charge < -0.3 is 14.4 Å². The number of alkyl halides is 4. The molecule has 4 saturated heterocycles. The molecule has 4 atom stereocenters. The minimum absolute atomic E-state index is 0.0237. The molecule has 1 amide bonds. The number of nitrogens with one attached hydrogen (secondary N) is 1. The van der Waals surface area contributed by atoms with Crippen molar-refractivity contribution in [2.24, 2.45) is 0 Å². The highest BCUT2D eigenvalue weighted by molar-refractivity contribution is 7.22. The van der Waals surface area contributed by atoms with Crippen LogP contribution in [0.1, 0.15) is 64.9 Å². The average Bonchev–Trinajstić information content (AvgIpc) is 3.85. The molecule has 4 aromatic rings. The standard InChI is InChI=1S/C35H34F6N6O4S/c1-33(2,3)51-32(49)45-31-43-27-18(6-7-21(37)28(27)52-31)24-20(35(39,40)41)12-19-26(25(24)38)42-30(44-29(19)47-17-5-8-22(47)23(48)11-17)50-15-34-9-4-10-46(34)14-16(36)13-34/h6-7,12,16-17,22H,4-5,8-11,13-15H2,1-3H3,(H,43,45,49)/t16-,17-,22-,34+/m1/s1. The van der Waals surface area contributed by atoms with Crippen LogP contribution < -0.4 is 15.0 Å². The summed E-state index contributed by atoms with van der Waals surface area (Å²) in [6.07, 6.45) is -4.16. The predicted octanol–water partition coefficient (Wildman–Crippen LogP) is 7.82. The third-order valence-corrected chi connectivity index (χ3v) is 11.3. The molecular formula is C35H34F6N6O4S. The summed E-state index contributed by atoms with van der Waals surface area (Å²) in [4.78, 5) is 41.9. The molecule has 0 radical (unpaired) electrons. The van der Waals surface area contributed by atoms with Crippen LogP contribution >= 0.6 is 11.3 Å². The molecule has 4 aliphatic heterocycles. The molecule has 8 rings (SSSR count). The Morgan fingerprint density at radius 1 is 1.12 bits per heavy atom. The Kier molecular flexibility index (Phi) is 8.13. The van der Waals surface area contributed by atoms with E-state index in [1.807, 2.05) is 4.90 Å². The predicted molar refractivity (Wildman–Crippen MR) is 180 cm³/mol. The zero-order valence-electron chi connectivity index (χ0n) is 28.4. The highest BCUT2D eigenvalue weighted by Gasteiger charge is 2.50. The number of anilines is 2. The van der Waals surface area contributed by atoms with Gasteiger partial charge >= 0.3 is 18.3 Å². The first-order chi connectivity index (χ1) is 24.5. The Morgan fingerprint density at radius 3 is 2.60 bits per heavy atom. The van der Waals surface area contributed by atoms with Gasteiger partial charge in [-0.15, -0.1) is 0 Å². The number of halogens is 6. The second kappa shape index (κ2) is 12.1. The van der Waals surface area contributed by atoms with Crippen molar-refractivity contribution in [2.75, 3.05) is 29.9 Å². The van der Waals surface area contributed by atoms with Gasteiger partial charge in [0.2, 0.25) is 0 Å². The first-order valence-corrected chi connectivity index (χ1v) is 17.9. The van der Waals surface area contributed by atoms with E-state index in [1.54, 1.807) is 25.7 Å². The average molecular weight is 749 g/mol. The Labute approximate surface area is 297 Å². The van der Waals surface area contributed by atoms with E-state index >= 15 is 22.0 Å². The zero-order chi connectivity index (χ0) is 36.9. The van der Waals surface area contributed by atoms with Crippen LogP contribution in [0.25, 0.3) is 32.2 Å². The third kappa shape index (κ3) is 5.89. The van der Waals surface area contributed by atoms with Crippen LogP contribution in [0, 0.1) is 11.6 Å². The molecular weight excluding hydrogens is 714 g/mol. The van der Waals surface area contributed by atoms with E-state index in [0.717, 1.165) is 24.6 Å². The topological polar surface area (TPSA) is 110 Å². The van der Waals surface area contributed by atoms with E-state index in [2.05, 4.69) is 20.3 Å².